The fraction of sp³-hybridized carbons (Fsp3) is 0.273. The fourth-order valence-electron chi connectivity index (χ4n) is 0.912. The van der Waals surface area contributed by atoms with Crippen LogP contribution in [0.2, 0.25) is 0 Å². The molecule has 1 aromatic rings. The molecule has 13 heavy (non-hydrogen) atoms. The first-order valence-electron chi connectivity index (χ1n) is 4.09. The molecule has 1 aromatic carbocycles. The molecule has 1 N–H and O–H groups in total. The van der Waals surface area contributed by atoms with E-state index in [1.807, 2.05) is 0 Å². The van der Waals surface area contributed by atoms with E-state index in [-0.39, 0.29) is 12.7 Å². The molecule has 0 aliphatic rings. The summed E-state index contributed by atoms with van der Waals surface area (Å²) in [5, 5.41) is 8.78. The zero-order chi connectivity index (χ0) is 9.68. The van der Waals surface area contributed by atoms with E-state index in [1.165, 1.54) is 0 Å². The van der Waals surface area contributed by atoms with Crippen LogP contribution in [0.5, 0.6) is 5.75 Å². The maximum absolute atomic E-state index is 8.78. The van der Waals surface area contributed by atoms with Gasteiger partial charge in [0, 0.05) is 0 Å². The third-order valence-electron chi connectivity index (χ3n) is 1.65. The Balaban J connectivity index is 2.65. The molecule has 0 saturated heterocycles. The van der Waals surface area contributed by atoms with E-state index < -0.39 is 0 Å². The van der Waals surface area contributed by atoms with Crippen molar-refractivity contribution in [2.75, 3.05) is 0 Å². The minimum absolute atomic E-state index is 0.0466. The van der Waals surface area contributed by atoms with E-state index in [9.17, 15) is 0 Å². The Morgan fingerprint density at radius 3 is 2.54 bits per heavy atom. The molecule has 1 atom stereocenters. The average Bonchev–Trinajstić information content (AvgIpc) is 2.19. The van der Waals surface area contributed by atoms with Gasteiger partial charge in [-0.2, -0.15) is 0 Å². The molecule has 2 heteroatoms. The van der Waals surface area contributed by atoms with Crippen LogP contribution in [0.1, 0.15) is 12.5 Å². The second kappa shape index (κ2) is 4.54. The zero-order valence-electron chi connectivity index (χ0n) is 7.53. The summed E-state index contributed by atoms with van der Waals surface area (Å²) in [4.78, 5) is 0. The molecule has 0 fully saturated rings. The topological polar surface area (TPSA) is 29.5 Å². The van der Waals surface area contributed by atoms with Gasteiger partial charge in [-0.15, -0.1) is 6.42 Å². The third-order valence-corrected chi connectivity index (χ3v) is 1.65. The van der Waals surface area contributed by atoms with E-state index in [0.717, 1.165) is 11.3 Å². The molecule has 0 radical (unpaired) electrons. The lowest BCUT2D eigenvalue weighted by atomic mass is 10.2. The maximum atomic E-state index is 8.78. The lowest BCUT2D eigenvalue weighted by Crippen LogP contribution is -2.07. The second-order valence-corrected chi connectivity index (χ2v) is 2.73. The molecule has 0 amide bonds. The summed E-state index contributed by atoms with van der Waals surface area (Å²) in [6, 6.07) is 7.19. The molecule has 68 valence electrons. The smallest absolute Gasteiger partial charge is 0.156 e. The van der Waals surface area contributed by atoms with Gasteiger partial charge in [-0.25, -0.2) is 0 Å². The number of benzene rings is 1. The predicted molar refractivity (Wildman–Crippen MR) is 51.3 cm³/mol. The van der Waals surface area contributed by atoms with Gasteiger partial charge in [-0.1, -0.05) is 18.1 Å². The monoisotopic (exact) mass is 176 g/mol. The van der Waals surface area contributed by atoms with E-state index >= 15 is 0 Å². The molecule has 0 aliphatic heterocycles. The van der Waals surface area contributed by atoms with Crippen molar-refractivity contribution in [1.82, 2.24) is 0 Å². The summed E-state index contributed by atoms with van der Waals surface area (Å²) in [6.07, 6.45) is 4.94. The molecule has 2 nitrogen and oxygen atoms in total. The van der Waals surface area contributed by atoms with Crippen molar-refractivity contribution in [2.24, 2.45) is 0 Å². The summed E-state index contributed by atoms with van der Waals surface area (Å²) in [5.41, 5.74) is 0.862. The lowest BCUT2D eigenvalue weighted by molar-refractivity contribution is 0.275. The first-order valence-corrected chi connectivity index (χ1v) is 4.09. The Morgan fingerprint density at radius 1 is 1.46 bits per heavy atom. The predicted octanol–water partition coefficient (Wildman–Crippen LogP) is 1.58. The molecule has 0 aliphatic carbocycles. The van der Waals surface area contributed by atoms with Gasteiger partial charge in [-0.05, 0) is 24.6 Å². The number of aliphatic hydroxyl groups excluding tert-OH is 1. The molecule has 1 rings (SSSR count). The van der Waals surface area contributed by atoms with Gasteiger partial charge in [0.05, 0.1) is 6.61 Å². The van der Waals surface area contributed by atoms with Crippen LogP contribution in [0.15, 0.2) is 24.3 Å². The van der Waals surface area contributed by atoms with Crippen molar-refractivity contribution in [3.8, 4) is 18.1 Å². The van der Waals surface area contributed by atoms with Crippen LogP contribution in [0.25, 0.3) is 0 Å². The highest BCUT2D eigenvalue weighted by atomic mass is 16.5. The van der Waals surface area contributed by atoms with Crippen molar-refractivity contribution in [1.29, 1.82) is 0 Å². The van der Waals surface area contributed by atoms with Crippen LogP contribution in [-0.4, -0.2) is 11.2 Å². The van der Waals surface area contributed by atoms with E-state index in [4.69, 9.17) is 16.3 Å². The largest absolute Gasteiger partial charge is 0.478 e. The maximum Gasteiger partial charge on any atom is 0.156 e. The van der Waals surface area contributed by atoms with Crippen LogP contribution in [-0.2, 0) is 6.61 Å². The highest BCUT2D eigenvalue weighted by Crippen LogP contribution is 2.13. The van der Waals surface area contributed by atoms with Crippen molar-refractivity contribution < 1.29 is 9.84 Å². The van der Waals surface area contributed by atoms with Gasteiger partial charge >= 0.3 is 0 Å². The molecule has 0 heterocycles. The van der Waals surface area contributed by atoms with Gasteiger partial charge in [0.2, 0.25) is 0 Å². The Hall–Kier alpha value is -1.46. The van der Waals surface area contributed by atoms with Gasteiger partial charge in [0.25, 0.3) is 0 Å². The van der Waals surface area contributed by atoms with Gasteiger partial charge < -0.3 is 9.84 Å². The van der Waals surface area contributed by atoms with E-state index in [1.54, 1.807) is 31.2 Å². The Labute approximate surface area is 78.2 Å². The normalized spacial score (nSPS) is 11.8. The summed E-state index contributed by atoms with van der Waals surface area (Å²) >= 11 is 0. The summed E-state index contributed by atoms with van der Waals surface area (Å²) in [6.45, 7) is 1.85. The van der Waals surface area contributed by atoms with Crippen molar-refractivity contribution in [3.05, 3.63) is 29.8 Å². The van der Waals surface area contributed by atoms with Crippen molar-refractivity contribution in [2.45, 2.75) is 19.6 Å². The number of ether oxygens (including phenoxy) is 1. The van der Waals surface area contributed by atoms with Gasteiger partial charge in [0.1, 0.15) is 5.75 Å². The van der Waals surface area contributed by atoms with E-state index in [0.29, 0.717) is 0 Å². The number of hydrogen-bond acceptors (Lipinski definition) is 2. The van der Waals surface area contributed by atoms with Crippen LogP contribution >= 0.6 is 0 Å². The van der Waals surface area contributed by atoms with Crippen LogP contribution in [0.4, 0.5) is 0 Å². The summed E-state index contributed by atoms with van der Waals surface area (Å²) < 4.78 is 5.35. The lowest BCUT2D eigenvalue weighted by Gasteiger charge is -2.08. The molecule has 0 aromatic heterocycles. The first kappa shape index (κ1) is 9.63. The molecule has 0 spiro atoms. The quantitative estimate of drug-likeness (QED) is 0.708. The van der Waals surface area contributed by atoms with Crippen LogP contribution in [0.3, 0.4) is 0 Å². The SMILES string of the molecule is C#C[C@@H](C)Oc1ccc(CO)cc1. The van der Waals surface area contributed by atoms with Gasteiger partial charge in [-0.3, -0.25) is 0 Å². The Morgan fingerprint density at radius 2 is 2.08 bits per heavy atom. The highest BCUT2D eigenvalue weighted by Gasteiger charge is 1.98. The minimum Gasteiger partial charge on any atom is -0.478 e. The highest BCUT2D eigenvalue weighted by molar-refractivity contribution is 5.27. The number of hydrogen-bond donors (Lipinski definition) is 1. The van der Waals surface area contributed by atoms with Crippen molar-refractivity contribution >= 4 is 0 Å². The second-order valence-electron chi connectivity index (χ2n) is 2.73. The Kier molecular flexibility index (Phi) is 3.36. The first-order chi connectivity index (χ1) is 6.26. The van der Waals surface area contributed by atoms with Crippen molar-refractivity contribution in [3.63, 3.8) is 0 Å². The van der Waals surface area contributed by atoms with Crippen LogP contribution < -0.4 is 4.74 Å². The summed E-state index contributed by atoms with van der Waals surface area (Å²) in [7, 11) is 0. The molecular weight excluding hydrogens is 164 g/mol. The van der Waals surface area contributed by atoms with Crippen LogP contribution in [0, 0.1) is 12.3 Å². The fourth-order valence-corrected chi connectivity index (χ4v) is 0.912. The number of rotatable bonds is 3. The Bertz CT molecular complexity index is 295. The molecular formula is C11H12O2. The zero-order valence-corrected chi connectivity index (χ0v) is 7.53. The number of terminal acetylenes is 1. The van der Waals surface area contributed by atoms with E-state index in [2.05, 4.69) is 5.92 Å². The third kappa shape index (κ3) is 2.81. The molecule has 0 unspecified atom stereocenters. The average molecular weight is 176 g/mol. The molecule has 0 bridgehead atoms. The number of aliphatic hydroxyl groups is 1. The summed E-state index contributed by atoms with van der Waals surface area (Å²) in [5.74, 6) is 3.20. The minimum atomic E-state index is -0.222. The molecule has 0 saturated carbocycles. The standard InChI is InChI=1S/C11H12O2/c1-3-9(2)13-11-6-4-10(8-12)5-7-11/h1,4-7,9,12H,8H2,2H3/t9-/m1/s1. The van der Waals surface area contributed by atoms with Gasteiger partial charge in [0.15, 0.2) is 6.10 Å².